The minimum Gasteiger partial charge on any atom is -0.462 e. The second-order valence-electron chi connectivity index (χ2n) is 11.7. The number of carbonyl (C=O) groups excluding carboxylic acids is 2. The number of anilines is 1. The van der Waals surface area contributed by atoms with E-state index in [0.717, 1.165) is 69.7 Å². The van der Waals surface area contributed by atoms with Crippen molar-refractivity contribution in [1.29, 1.82) is 5.26 Å². The molecule has 3 fully saturated rings. The molecule has 4 heterocycles. The third kappa shape index (κ3) is 5.74. The van der Waals surface area contributed by atoms with Crippen LogP contribution in [-0.2, 0) is 22.4 Å². The Bertz CT molecular complexity index is 1140. The van der Waals surface area contributed by atoms with E-state index in [4.69, 9.17) is 14.7 Å². The Balaban J connectivity index is 1.42. The Hall–Kier alpha value is -3.19. The van der Waals surface area contributed by atoms with Gasteiger partial charge in [0.05, 0.1) is 24.2 Å². The zero-order valence-corrected chi connectivity index (χ0v) is 23.4. The molecule has 0 saturated carbocycles. The van der Waals surface area contributed by atoms with Crippen LogP contribution >= 0.6 is 0 Å². The smallest absolute Gasteiger partial charge is 0.318 e. The van der Waals surface area contributed by atoms with Crippen LogP contribution < -0.4 is 9.64 Å². The normalized spacial score (nSPS) is 24.8. The van der Waals surface area contributed by atoms with Gasteiger partial charge in [-0.25, -0.2) is 0 Å². The van der Waals surface area contributed by atoms with E-state index in [2.05, 4.69) is 29.5 Å². The average Bonchev–Trinajstić information content (AvgIpc) is 3.35. The van der Waals surface area contributed by atoms with Crippen molar-refractivity contribution < 1.29 is 14.3 Å². The summed E-state index contributed by atoms with van der Waals surface area (Å²) < 4.78 is 6.26. The lowest BCUT2D eigenvalue weighted by atomic mass is 9.67. The summed E-state index contributed by atoms with van der Waals surface area (Å²) in [6, 6.07) is 2.82. The minimum atomic E-state index is -0.220. The molecule has 39 heavy (non-hydrogen) atoms. The van der Waals surface area contributed by atoms with Gasteiger partial charge in [0.25, 0.3) is 0 Å². The number of amides is 2. The summed E-state index contributed by atoms with van der Waals surface area (Å²) >= 11 is 0. The number of hydrogen-bond donors (Lipinski definition) is 0. The van der Waals surface area contributed by atoms with Crippen LogP contribution in [0.15, 0.2) is 12.7 Å². The van der Waals surface area contributed by atoms with Gasteiger partial charge in [-0.3, -0.25) is 9.59 Å². The third-order valence-corrected chi connectivity index (χ3v) is 9.41. The number of aromatic nitrogens is 2. The summed E-state index contributed by atoms with van der Waals surface area (Å²) in [5.74, 6) is 0.904. The Labute approximate surface area is 231 Å². The van der Waals surface area contributed by atoms with E-state index in [1.165, 1.54) is 18.1 Å². The highest BCUT2D eigenvalue weighted by Crippen LogP contribution is 2.45. The number of nitrogens with zero attached hydrogens (tertiary/aromatic N) is 7. The van der Waals surface area contributed by atoms with Crippen molar-refractivity contribution in [3.05, 3.63) is 23.9 Å². The van der Waals surface area contributed by atoms with Crippen molar-refractivity contribution in [2.24, 2.45) is 5.41 Å². The molecule has 1 spiro atoms. The summed E-state index contributed by atoms with van der Waals surface area (Å²) in [6.07, 6.45) is 8.64. The maximum absolute atomic E-state index is 12.5. The molecule has 0 aromatic carbocycles. The predicted octanol–water partition coefficient (Wildman–Crippen LogP) is 2.18. The van der Waals surface area contributed by atoms with E-state index in [-0.39, 0.29) is 29.7 Å². The molecule has 210 valence electrons. The molecule has 1 aromatic heterocycles. The molecule has 3 saturated heterocycles. The largest absolute Gasteiger partial charge is 0.462 e. The Kier molecular flexibility index (Phi) is 8.08. The number of hydrogen-bond acceptors (Lipinski definition) is 8. The molecule has 2 unspecified atom stereocenters. The fourth-order valence-electron chi connectivity index (χ4n) is 6.88. The standard InChI is InChI=1S/C29H41N7O3/c1-4-26(38)36-17-16-35(19-22(36)8-12-30)27-24-7-9-29(10-14-34(15-11-29)21(2)37)18-25(24)31-28(32-27)39-20-23-6-5-13-33(23)3/h4,22-23H,1,5-11,13-20H2,2-3H3. The molecular formula is C29H41N7O3. The molecule has 0 bridgehead atoms. The number of likely N-dealkylation sites (tertiary alicyclic amines) is 2. The zero-order valence-electron chi connectivity index (χ0n) is 23.4. The molecule has 5 rings (SSSR count). The fraction of sp³-hybridized carbons (Fsp3) is 0.690. The maximum atomic E-state index is 12.5. The number of piperidine rings is 1. The molecule has 10 nitrogen and oxygen atoms in total. The Morgan fingerprint density at radius 1 is 1.15 bits per heavy atom. The molecule has 0 N–H and O–H groups in total. The van der Waals surface area contributed by atoms with Gasteiger partial charge in [-0.05, 0) is 70.0 Å². The quantitative estimate of drug-likeness (QED) is 0.511. The highest BCUT2D eigenvalue weighted by atomic mass is 16.5. The molecule has 10 heteroatoms. The summed E-state index contributed by atoms with van der Waals surface area (Å²) in [6.45, 7) is 10.2. The van der Waals surface area contributed by atoms with Crippen molar-refractivity contribution in [3.63, 3.8) is 0 Å². The lowest BCUT2D eigenvalue weighted by molar-refractivity contribution is -0.131. The third-order valence-electron chi connectivity index (χ3n) is 9.41. The SMILES string of the molecule is C=CC(=O)N1CCN(c2nc(OCC3CCCN3C)nc3c2CCC2(CCN(C(C)=O)CC2)C3)CC1CC#N. The van der Waals surface area contributed by atoms with Crippen LogP contribution in [0.25, 0.3) is 0 Å². The molecule has 0 radical (unpaired) electrons. The van der Waals surface area contributed by atoms with Crippen molar-refractivity contribution in [2.45, 2.75) is 70.4 Å². The lowest BCUT2D eigenvalue weighted by Gasteiger charge is -2.45. The molecule has 4 aliphatic rings. The molecule has 1 aliphatic carbocycles. The molecular weight excluding hydrogens is 494 g/mol. The van der Waals surface area contributed by atoms with Gasteiger partial charge in [-0.1, -0.05) is 6.58 Å². The highest BCUT2D eigenvalue weighted by Gasteiger charge is 2.41. The van der Waals surface area contributed by atoms with Crippen LogP contribution in [0.3, 0.4) is 0 Å². The summed E-state index contributed by atoms with van der Waals surface area (Å²) in [5, 5.41) is 9.47. The maximum Gasteiger partial charge on any atom is 0.318 e. The van der Waals surface area contributed by atoms with Crippen LogP contribution in [0.1, 0.15) is 56.7 Å². The van der Waals surface area contributed by atoms with Gasteiger partial charge in [-0.2, -0.15) is 15.2 Å². The predicted molar refractivity (Wildman–Crippen MR) is 147 cm³/mol. The zero-order chi connectivity index (χ0) is 27.6. The molecule has 1 aromatic rings. The second-order valence-corrected chi connectivity index (χ2v) is 11.7. The first-order valence-corrected chi connectivity index (χ1v) is 14.4. The lowest BCUT2D eigenvalue weighted by Crippen LogP contribution is -2.55. The van der Waals surface area contributed by atoms with Gasteiger partial charge < -0.3 is 24.3 Å². The van der Waals surface area contributed by atoms with Gasteiger partial charge >= 0.3 is 6.01 Å². The van der Waals surface area contributed by atoms with E-state index in [1.54, 1.807) is 11.8 Å². The first kappa shape index (κ1) is 27.4. The van der Waals surface area contributed by atoms with Crippen molar-refractivity contribution >= 4 is 17.6 Å². The fourth-order valence-corrected chi connectivity index (χ4v) is 6.88. The molecule has 2 atom stereocenters. The van der Waals surface area contributed by atoms with E-state index >= 15 is 0 Å². The van der Waals surface area contributed by atoms with Gasteiger partial charge in [0.15, 0.2) is 0 Å². The van der Waals surface area contributed by atoms with Crippen LogP contribution in [0.5, 0.6) is 6.01 Å². The van der Waals surface area contributed by atoms with Crippen LogP contribution in [0.2, 0.25) is 0 Å². The number of piperazine rings is 1. The summed E-state index contributed by atoms with van der Waals surface area (Å²) in [5.41, 5.74) is 2.37. The topological polar surface area (TPSA) is 106 Å². The van der Waals surface area contributed by atoms with Crippen LogP contribution in [0.4, 0.5) is 5.82 Å². The number of rotatable bonds is 6. The average molecular weight is 536 g/mol. The van der Waals surface area contributed by atoms with Crippen LogP contribution in [0, 0.1) is 16.7 Å². The first-order valence-electron chi connectivity index (χ1n) is 14.4. The molecule has 3 aliphatic heterocycles. The van der Waals surface area contributed by atoms with Crippen LogP contribution in [-0.4, -0.2) is 101 Å². The van der Waals surface area contributed by atoms with Crippen molar-refractivity contribution in [3.8, 4) is 12.1 Å². The number of nitriles is 1. The molecule has 2 amide bonds. The minimum absolute atomic E-state index is 0.136. The van der Waals surface area contributed by atoms with E-state index in [1.807, 2.05) is 4.90 Å². The number of carbonyl (C=O) groups is 2. The summed E-state index contributed by atoms with van der Waals surface area (Å²) in [7, 11) is 2.14. The van der Waals surface area contributed by atoms with E-state index in [9.17, 15) is 14.9 Å². The monoisotopic (exact) mass is 535 g/mol. The number of fused-ring (bicyclic) bond motifs is 1. The number of ether oxygens (including phenoxy) is 1. The van der Waals surface area contributed by atoms with E-state index < -0.39 is 0 Å². The Morgan fingerprint density at radius 3 is 2.62 bits per heavy atom. The second kappa shape index (κ2) is 11.5. The van der Waals surface area contributed by atoms with Crippen molar-refractivity contribution in [1.82, 2.24) is 24.7 Å². The van der Waals surface area contributed by atoms with E-state index in [0.29, 0.717) is 38.3 Å². The van der Waals surface area contributed by atoms with Gasteiger partial charge in [0.1, 0.15) is 12.4 Å². The highest BCUT2D eigenvalue weighted by molar-refractivity contribution is 5.87. The van der Waals surface area contributed by atoms with Gasteiger partial charge in [0.2, 0.25) is 11.8 Å². The first-order chi connectivity index (χ1) is 18.8. The Morgan fingerprint density at radius 2 is 1.95 bits per heavy atom. The number of likely N-dealkylation sites (N-methyl/N-ethyl adjacent to an activating group) is 1. The van der Waals surface area contributed by atoms with Gasteiger partial charge in [-0.15, -0.1) is 0 Å². The van der Waals surface area contributed by atoms with Crippen molar-refractivity contribution in [2.75, 3.05) is 57.8 Å². The summed E-state index contributed by atoms with van der Waals surface area (Å²) in [4.78, 5) is 42.6. The van der Waals surface area contributed by atoms with Gasteiger partial charge in [0, 0.05) is 51.3 Å².